The Morgan fingerprint density at radius 1 is 1.56 bits per heavy atom. The highest BCUT2D eigenvalue weighted by atomic mass is 127. The average molecular weight is 306 g/mol. The molecule has 0 aliphatic carbocycles. The summed E-state index contributed by atoms with van der Waals surface area (Å²) in [6.45, 7) is 0. The molecule has 0 heterocycles. The molecular weight excluding hydrogens is 293 g/mol. The molecule has 0 rings (SSSR count). The van der Waals surface area contributed by atoms with Crippen molar-refractivity contribution < 1.29 is 0 Å². The molecule has 0 N–H and O–H groups in total. The van der Waals surface area contributed by atoms with E-state index in [4.69, 9.17) is 0 Å². The van der Waals surface area contributed by atoms with Crippen LogP contribution in [0.2, 0.25) is 0 Å². The zero-order valence-electron chi connectivity index (χ0n) is 5.90. The van der Waals surface area contributed by atoms with Gasteiger partial charge in [-0.3, -0.25) is 0 Å². The Bertz CT molecular complexity index is 68.1. The SMILES string of the molecule is CN(C)C(CI)CCBr. The van der Waals surface area contributed by atoms with Crippen LogP contribution in [0, 0.1) is 0 Å². The van der Waals surface area contributed by atoms with Gasteiger partial charge in [0.2, 0.25) is 0 Å². The second-order valence-electron chi connectivity index (χ2n) is 2.25. The number of rotatable bonds is 4. The van der Waals surface area contributed by atoms with Crippen LogP contribution in [0.1, 0.15) is 6.42 Å². The van der Waals surface area contributed by atoms with Gasteiger partial charge in [0.15, 0.2) is 0 Å². The van der Waals surface area contributed by atoms with Crippen molar-refractivity contribution in [3.8, 4) is 0 Å². The van der Waals surface area contributed by atoms with E-state index in [-0.39, 0.29) is 0 Å². The molecule has 0 fully saturated rings. The number of alkyl halides is 2. The third kappa shape index (κ3) is 4.56. The standard InChI is InChI=1S/C6H13BrIN/c1-9(2)6(5-8)3-4-7/h6H,3-5H2,1-2H3. The molecule has 56 valence electrons. The Labute approximate surface area is 79.5 Å². The van der Waals surface area contributed by atoms with E-state index in [0.717, 1.165) is 11.4 Å². The maximum absolute atomic E-state index is 3.43. The quantitative estimate of drug-likeness (QED) is 0.568. The van der Waals surface area contributed by atoms with Crippen molar-refractivity contribution in [2.24, 2.45) is 0 Å². The van der Waals surface area contributed by atoms with Gasteiger partial charge in [0.25, 0.3) is 0 Å². The molecule has 1 nitrogen and oxygen atoms in total. The lowest BCUT2D eigenvalue weighted by molar-refractivity contribution is 0.317. The van der Waals surface area contributed by atoms with Crippen molar-refractivity contribution in [2.75, 3.05) is 23.9 Å². The van der Waals surface area contributed by atoms with Crippen LogP contribution in [-0.2, 0) is 0 Å². The second kappa shape index (κ2) is 5.92. The fraction of sp³-hybridized carbons (Fsp3) is 1.00. The fourth-order valence-corrected chi connectivity index (χ4v) is 2.36. The van der Waals surface area contributed by atoms with Gasteiger partial charge < -0.3 is 4.90 Å². The molecule has 0 aromatic heterocycles. The Hall–Kier alpha value is 1.17. The first-order valence-electron chi connectivity index (χ1n) is 3.00. The molecule has 0 aromatic rings. The zero-order chi connectivity index (χ0) is 7.28. The van der Waals surface area contributed by atoms with Gasteiger partial charge in [0, 0.05) is 15.8 Å². The molecule has 0 saturated carbocycles. The maximum atomic E-state index is 3.43. The fourth-order valence-electron chi connectivity index (χ4n) is 0.599. The highest BCUT2D eigenvalue weighted by Gasteiger charge is 2.06. The molecule has 0 saturated heterocycles. The van der Waals surface area contributed by atoms with Crippen molar-refractivity contribution in [3.05, 3.63) is 0 Å². The second-order valence-corrected chi connectivity index (χ2v) is 3.92. The minimum atomic E-state index is 0.741. The van der Waals surface area contributed by atoms with Crippen LogP contribution >= 0.6 is 38.5 Å². The van der Waals surface area contributed by atoms with E-state index in [0.29, 0.717) is 0 Å². The number of hydrogen-bond donors (Lipinski definition) is 0. The predicted octanol–water partition coefficient (Wildman–Crippen LogP) is 2.14. The Morgan fingerprint density at radius 3 is 2.22 bits per heavy atom. The first-order chi connectivity index (χ1) is 4.22. The van der Waals surface area contributed by atoms with E-state index >= 15 is 0 Å². The Morgan fingerprint density at radius 2 is 2.11 bits per heavy atom. The van der Waals surface area contributed by atoms with Gasteiger partial charge in [-0.15, -0.1) is 0 Å². The van der Waals surface area contributed by atoms with Crippen LogP contribution in [0.25, 0.3) is 0 Å². The average Bonchev–Trinajstić information content (AvgIpc) is 1.82. The lowest BCUT2D eigenvalue weighted by Gasteiger charge is -2.20. The van der Waals surface area contributed by atoms with Gasteiger partial charge in [-0.1, -0.05) is 38.5 Å². The van der Waals surface area contributed by atoms with Crippen LogP contribution in [0.5, 0.6) is 0 Å². The lowest BCUT2D eigenvalue weighted by atomic mass is 10.2. The summed E-state index contributed by atoms with van der Waals surface area (Å²) in [4.78, 5) is 2.27. The number of nitrogens with zero attached hydrogens (tertiary/aromatic N) is 1. The monoisotopic (exact) mass is 305 g/mol. The minimum absolute atomic E-state index is 0.741. The van der Waals surface area contributed by atoms with E-state index in [9.17, 15) is 0 Å². The molecule has 0 spiro atoms. The van der Waals surface area contributed by atoms with Crippen molar-refractivity contribution in [1.29, 1.82) is 0 Å². The largest absolute Gasteiger partial charge is 0.306 e. The summed E-state index contributed by atoms with van der Waals surface area (Å²) in [6.07, 6.45) is 1.25. The van der Waals surface area contributed by atoms with Gasteiger partial charge in [0.05, 0.1) is 0 Å². The van der Waals surface area contributed by atoms with Crippen molar-refractivity contribution in [2.45, 2.75) is 12.5 Å². The van der Waals surface area contributed by atoms with Gasteiger partial charge in [0.1, 0.15) is 0 Å². The summed E-state index contributed by atoms with van der Waals surface area (Å²) in [5.74, 6) is 0. The van der Waals surface area contributed by atoms with Gasteiger partial charge in [-0.05, 0) is 20.5 Å². The topological polar surface area (TPSA) is 3.24 Å². The molecule has 0 amide bonds. The van der Waals surface area contributed by atoms with Crippen LogP contribution in [0.3, 0.4) is 0 Å². The first-order valence-corrected chi connectivity index (χ1v) is 5.65. The summed E-state index contributed by atoms with van der Waals surface area (Å²) in [7, 11) is 4.26. The maximum Gasteiger partial charge on any atom is 0.0187 e. The molecule has 0 aliphatic heterocycles. The molecule has 9 heavy (non-hydrogen) atoms. The molecule has 0 radical (unpaired) electrons. The molecule has 0 aliphatic rings. The van der Waals surface area contributed by atoms with Crippen LogP contribution < -0.4 is 0 Å². The van der Waals surface area contributed by atoms with E-state index in [1.54, 1.807) is 0 Å². The third-order valence-corrected chi connectivity index (χ3v) is 2.83. The molecule has 1 unspecified atom stereocenters. The lowest BCUT2D eigenvalue weighted by Crippen LogP contribution is -2.29. The molecule has 3 heteroatoms. The van der Waals surface area contributed by atoms with E-state index in [1.165, 1.54) is 10.8 Å². The summed E-state index contributed by atoms with van der Waals surface area (Å²) in [6, 6.07) is 0.741. The van der Waals surface area contributed by atoms with Crippen molar-refractivity contribution in [1.82, 2.24) is 4.90 Å². The molecule has 1 atom stereocenters. The van der Waals surface area contributed by atoms with Crippen molar-refractivity contribution >= 4 is 38.5 Å². The van der Waals surface area contributed by atoms with Crippen LogP contribution in [0.4, 0.5) is 0 Å². The molecule has 0 bridgehead atoms. The van der Waals surface area contributed by atoms with E-state index < -0.39 is 0 Å². The smallest absolute Gasteiger partial charge is 0.0187 e. The minimum Gasteiger partial charge on any atom is -0.306 e. The predicted molar refractivity (Wildman–Crippen MR) is 54.8 cm³/mol. The normalized spacial score (nSPS) is 14.3. The van der Waals surface area contributed by atoms with Gasteiger partial charge in [-0.25, -0.2) is 0 Å². The highest BCUT2D eigenvalue weighted by Crippen LogP contribution is 2.05. The Balaban J connectivity index is 3.41. The van der Waals surface area contributed by atoms with Gasteiger partial charge in [-0.2, -0.15) is 0 Å². The number of hydrogen-bond acceptors (Lipinski definition) is 1. The van der Waals surface area contributed by atoms with E-state index in [1.807, 2.05) is 0 Å². The van der Waals surface area contributed by atoms with Crippen LogP contribution in [-0.4, -0.2) is 34.8 Å². The molecular formula is C6H13BrIN. The summed E-state index contributed by atoms with van der Waals surface area (Å²) in [5.41, 5.74) is 0. The highest BCUT2D eigenvalue weighted by molar-refractivity contribution is 14.1. The third-order valence-electron chi connectivity index (χ3n) is 1.35. The Kier molecular flexibility index (Phi) is 6.69. The first kappa shape index (κ1) is 10.2. The summed E-state index contributed by atoms with van der Waals surface area (Å²) in [5, 5.41) is 1.11. The molecule has 0 aromatic carbocycles. The van der Waals surface area contributed by atoms with Crippen LogP contribution in [0.15, 0.2) is 0 Å². The van der Waals surface area contributed by atoms with E-state index in [2.05, 4.69) is 57.5 Å². The van der Waals surface area contributed by atoms with Crippen molar-refractivity contribution in [3.63, 3.8) is 0 Å². The van der Waals surface area contributed by atoms with Gasteiger partial charge >= 0.3 is 0 Å². The zero-order valence-corrected chi connectivity index (χ0v) is 9.65. The number of halogens is 2. The summed E-state index contributed by atoms with van der Waals surface area (Å²) < 4.78 is 1.22. The summed E-state index contributed by atoms with van der Waals surface area (Å²) >= 11 is 5.85.